The monoisotopic (exact) mass is 270 g/mol. The van der Waals surface area contributed by atoms with Gasteiger partial charge in [0.1, 0.15) is 6.07 Å². The number of nitrogens with one attached hydrogen (secondary N) is 1. The summed E-state index contributed by atoms with van der Waals surface area (Å²) >= 11 is 0. The lowest BCUT2D eigenvalue weighted by Gasteiger charge is -2.33. The van der Waals surface area contributed by atoms with Crippen molar-refractivity contribution in [1.29, 1.82) is 5.26 Å². The molecule has 0 aromatic carbocycles. The summed E-state index contributed by atoms with van der Waals surface area (Å²) in [7, 11) is 0. The molecule has 2 aliphatic rings. The molecule has 2 aliphatic heterocycles. The smallest absolute Gasteiger partial charge is 0.103 e. The predicted molar refractivity (Wildman–Crippen MR) is 79.7 cm³/mol. The standard InChI is InChI=1S/C16H22N4/c1-11-9-15(13(10-17)12(2)18-11)19-14-6-8-20-7-4-3-5-16(14)20/h9,14,16H,3-8H2,1-2H3,(H,18,19). The minimum atomic E-state index is 0.476. The topological polar surface area (TPSA) is 52.0 Å². The molecule has 4 heteroatoms. The maximum Gasteiger partial charge on any atom is 0.103 e. The fourth-order valence-electron chi connectivity index (χ4n) is 3.70. The fourth-order valence-corrected chi connectivity index (χ4v) is 3.70. The molecule has 3 rings (SSSR count). The summed E-state index contributed by atoms with van der Waals surface area (Å²) in [5.41, 5.74) is 3.47. The normalized spacial score (nSPS) is 26.1. The third kappa shape index (κ3) is 2.38. The first-order chi connectivity index (χ1) is 9.69. The van der Waals surface area contributed by atoms with Gasteiger partial charge in [0, 0.05) is 24.3 Å². The number of anilines is 1. The predicted octanol–water partition coefficient (Wildman–Crippen LogP) is 2.61. The molecule has 0 saturated carbocycles. The quantitative estimate of drug-likeness (QED) is 0.897. The van der Waals surface area contributed by atoms with Gasteiger partial charge in [-0.15, -0.1) is 0 Å². The van der Waals surface area contributed by atoms with Crippen LogP contribution < -0.4 is 5.32 Å². The highest BCUT2D eigenvalue weighted by Gasteiger charge is 2.35. The van der Waals surface area contributed by atoms with Gasteiger partial charge in [0.15, 0.2) is 0 Å². The van der Waals surface area contributed by atoms with Gasteiger partial charge in [0.2, 0.25) is 0 Å². The first-order valence-corrected chi connectivity index (χ1v) is 7.58. The lowest BCUT2D eigenvalue weighted by molar-refractivity contribution is 0.193. The zero-order valence-corrected chi connectivity index (χ0v) is 12.3. The number of hydrogen-bond donors (Lipinski definition) is 1. The van der Waals surface area contributed by atoms with Crippen molar-refractivity contribution in [2.75, 3.05) is 18.4 Å². The number of aryl methyl sites for hydroxylation is 2. The average molecular weight is 270 g/mol. The number of fused-ring (bicyclic) bond motifs is 1. The first kappa shape index (κ1) is 13.4. The van der Waals surface area contributed by atoms with E-state index in [1.807, 2.05) is 19.9 Å². The van der Waals surface area contributed by atoms with E-state index in [0.29, 0.717) is 17.6 Å². The third-order valence-electron chi connectivity index (χ3n) is 4.64. The number of rotatable bonds is 2. The number of hydrogen-bond acceptors (Lipinski definition) is 4. The van der Waals surface area contributed by atoms with Crippen LogP contribution in [0.4, 0.5) is 5.69 Å². The summed E-state index contributed by atoms with van der Waals surface area (Å²) in [5.74, 6) is 0. The number of piperidine rings is 1. The Hall–Kier alpha value is -1.60. The largest absolute Gasteiger partial charge is 0.380 e. The zero-order valence-electron chi connectivity index (χ0n) is 12.3. The average Bonchev–Trinajstić information content (AvgIpc) is 2.82. The Labute approximate surface area is 120 Å². The van der Waals surface area contributed by atoms with Crippen LogP contribution in [0.15, 0.2) is 6.07 Å². The van der Waals surface area contributed by atoms with Crippen LogP contribution in [-0.4, -0.2) is 35.1 Å². The maximum absolute atomic E-state index is 9.36. The highest BCUT2D eigenvalue weighted by Crippen LogP contribution is 2.30. The summed E-state index contributed by atoms with van der Waals surface area (Å²) in [6, 6.07) is 5.43. The Kier molecular flexibility index (Phi) is 3.62. The molecular weight excluding hydrogens is 248 g/mol. The Morgan fingerprint density at radius 1 is 1.30 bits per heavy atom. The molecule has 0 amide bonds. The second-order valence-electron chi connectivity index (χ2n) is 6.02. The Morgan fingerprint density at radius 3 is 2.95 bits per heavy atom. The van der Waals surface area contributed by atoms with Crippen molar-refractivity contribution in [3.63, 3.8) is 0 Å². The molecular formula is C16H22N4. The lowest BCUT2D eigenvalue weighted by Crippen LogP contribution is -2.41. The van der Waals surface area contributed by atoms with Crippen LogP contribution in [0.5, 0.6) is 0 Å². The summed E-state index contributed by atoms with van der Waals surface area (Å²) in [6.45, 7) is 6.33. The number of aromatic nitrogens is 1. The summed E-state index contributed by atoms with van der Waals surface area (Å²) in [5, 5.41) is 13.0. The summed E-state index contributed by atoms with van der Waals surface area (Å²) in [4.78, 5) is 6.99. The van der Waals surface area contributed by atoms with Gasteiger partial charge in [0.05, 0.1) is 16.9 Å². The van der Waals surface area contributed by atoms with Crippen LogP contribution in [0, 0.1) is 25.2 Å². The van der Waals surface area contributed by atoms with E-state index in [4.69, 9.17) is 0 Å². The van der Waals surface area contributed by atoms with Crippen LogP contribution in [0.25, 0.3) is 0 Å². The molecule has 0 spiro atoms. The Morgan fingerprint density at radius 2 is 2.15 bits per heavy atom. The molecule has 20 heavy (non-hydrogen) atoms. The van der Waals surface area contributed by atoms with E-state index in [1.54, 1.807) is 0 Å². The molecule has 0 radical (unpaired) electrons. The van der Waals surface area contributed by atoms with E-state index in [9.17, 15) is 5.26 Å². The van der Waals surface area contributed by atoms with Gasteiger partial charge in [-0.05, 0) is 45.7 Å². The Bertz CT molecular complexity index is 546. The molecule has 2 fully saturated rings. The van der Waals surface area contributed by atoms with Crippen LogP contribution in [0.2, 0.25) is 0 Å². The molecule has 2 unspecified atom stereocenters. The second-order valence-corrected chi connectivity index (χ2v) is 6.02. The number of nitrogens with zero attached hydrogens (tertiary/aromatic N) is 3. The van der Waals surface area contributed by atoms with Gasteiger partial charge >= 0.3 is 0 Å². The van der Waals surface area contributed by atoms with Gasteiger partial charge < -0.3 is 5.32 Å². The molecule has 2 atom stereocenters. The van der Waals surface area contributed by atoms with Crippen molar-refractivity contribution in [2.45, 2.75) is 51.6 Å². The number of pyridine rings is 1. The van der Waals surface area contributed by atoms with Gasteiger partial charge in [-0.2, -0.15) is 5.26 Å². The third-order valence-corrected chi connectivity index (χ3v) is 4.64. The van der Waals surface area contributed by atoms with Crippen molar-refractivity contribution >= 4 is 5.69 Å². The minimum Gasteiger partial charge on any atom is -0.380 e. The molecule has 3 heterocycles. The zero-order chi connectivity index (χ0) is 14.1. The SMILES string of the molecule is Cc1cc(NC2CCN3CCCCC23)c(C#N)c(C)n1. The van der Waals surface area contributed by atoms with Gasteiger partial charge in [0.25, 0.3) is 0 Å². The van der Waals surface area contributed by atoms with Crippen LogP contribution >= 0.6 is 0 Å². The van der Waals surface area contributed by atoms with Crippen LogP contribution in [-0.2, 0) is 0 Å². The molecule has 2 saturated heterocycles. The van der Waals surface area contributed by atoms with Crippen LogP contribution in [0.3, 0.4) is 0 Å². The molecule has 0 aliphatic carbocycles. The number of nitriles is 1. The fraction of sp³-hybridized carbons (Fsp3) is 0.625. The van der Waals surface area contributed by atoms with E-state index < -0.39 is 0 Å². The highest BCUT2D eigenvalue weighted by atomic mass is 15.2. The summed E-state index contributed by atoms with van der Waals surface area (Å²) < 4.78 is 0. The summed E-state index contributed by atoms with van der Waals surface area (Å²) in [6.07, 6.45) is 5.12. The van der Waals surface area contributed by atoms with Crippen molar-refractivity contribution in [3.8, 4) is 6.07 Å². The van der Waals surface area contributed by atoms with E-state index in [1.165, 1.54) is 38.8 Å². The van der Waals surface area contributed by atoms with Gasteiger partial charge in [-0.1, -0.05) is 6.42 Å². The van der Waals surface area contributed by atoms with Crippen molar-refractivity contribution in [1.82, 2.24) is 9.88 Å². The van der Waals surface area contributed by atoms with E-state index in [2.05, 4.69) is 21.3 Å². The van der Waals surface area contributed by atoms with Crippen molar-refractivity contribution in [2.24, 2.45) is 0 Å². The molecule has 0 bridgehead atoms. The van der Waals surface area contributed by atoms with Crippen LogP contribution in [0.1, 0.15) is 42.6 Å². The molecule has 1 aromatic heterocycles. The minimum absolute atomic E-state index is 0.476. The van der Waals surface area contributed by atoms with Crippen molar-refractivity contribution in [3.05, 3.63) is 23.0 Å². The lowest BCUT2D eigenvalue weighted by atomic mass is 9.98. The van der Waals surface area contributed by atoms with Gasteiger partial charge in [-0.25, -0.2) is 0 Å². The second kappa shape index (κ2) is 5.41. The van der Waals surface area contributed by atoms with Gasteiger partial charge in [-0.3, -0.25) is 9.88 Å². The van der Waals surface area contributed by atoms with Crippen molar-refractivity contribution < 1.29 is 0 Å². The molecule has 106 valence electrons. The van der Waals surface area contributed by atoms with E-state index in [0.717, 1.165) is 17.1 Å². The first-order valence-electron chi connectivity index (χ1n) is 7.58. The maximum atomic E-state index is 9.36. The van der Waals surface area contributed by atoms with E-state index in [-0.39, 0.29) is 0 Å². The Balaban J connectivity index is 1.83. The molecule has 1 aromatic rings. The van der Waals surface area contributed by atoms with E-state index >= 15 is 0 Å². The highest BCUT2D eigenvalue weighted by molar-refractivity contribution is 5.60. The molecule has 4 nitrogen and oxygen atoms in total. The molecule has 1 N–H and O–H groups in total.